The van der Waals surface area contributed by atoms with E-state index < -0.39 is 22.4 Å². The summed E-state index contributed by atoms with van der Waals surface area (Å²) in [4.78, 5) is 4.92. The maximum Gasteiger partial charge on any atom is 0.241 e. The number of sulfonamides is 1. The van der Waals surface area contributed by atoms with Gasteiger partial charge in [0.1, 0.15) is 10.8 Å². The molecule has 2 aromatic rings. The molecular weight excluding hydrogens is 315 g/mol. The number of aromatic nitrogens is 1. The van der Waals surface area contributed by atoms with E-state index in [2.05, 4.69) is 9.71 Å². The molecular formula is C13H15FN2O3S2. The Hall–Kier alpha value is -1.35. The normalized spacial score (nSPS) is 11.8. The highest BCUT2D eigenvalue weighted by Gasteiger charge is 2.19. The fourth-order valence-corrected chi connectivity index (χ4v) is 3.86. The summed E-state index contributed by atoms with van der Waals surface area (Å²) < 4.78 is 40.0. The van der Waals surface area contributed by atoms with Crippen molar-refractivity contribution in [3.05, 3.63) is 45.7 Å². The third kappa shape index (κ3) is 3.85. The first-order valence-corrected chi connectivity index (χ1v) is 8.58. The van der Waals surface area contributed by atoms with E-state index in [1.807, 2.05) is 6.92 Å². The average molecular weight is 330 g/mol. The van der Waals surface area contributed by atoms with Crippen molar-refractivity contribution in [1.29, 1.82) is 0 Å². The number of nitrogens with zero attached hydrogens (tertiary/aromatic N) is 1. The molecule has 5 nitrogen and oxygen atoms in total. The summed E-state index contributed by atoms with van der Waals surface area (Å²) in [6.07, 6.45) is 2.54. The highest BCUT2D eigenvalue weighted by atomic mass is 32.2. The van der Waals surface area contributed by atoms with Crippen LogP contribution < -0.4 is 4.72 Å². The maximum absolute atomic E-state index is 13.2. The van der Waals surface area contributed by atoms with Crippen LogP contribution in [0.1, 0.15) is 22.4 Å². The van der Waals surface area contributed by atoms with Gasteiger partial charge in [-0.2, -0.15) is 0 Å². The van der Waals surface area contributed by atoms with Gasteiger partial charge in [0.2, 0.25) is 10.0 Å². The predicted molar refractivity (Wildman–Crippen MR) is 77.8 cm³/mol. The van der Waals surface area contributed by atoms with Crippen molar-refractivity contribution in [2.24, 2.45) is 0 Å². The molecule has 0 unspecified atom stereocenters. The molecule has 0 atom stereocenters. The molecule has 0 aliphatic rings. The van der Waals surface area contributed by atoms with Crippen molar-refractivity contribution in [3.63, 3.8) is 0 Å². The molecule has 0 saturated carbocycles. The Labute approximate surface area is 126 Å². The van der Waals surface area contributed by atoms with E-state index >= 15 is 0 Å². The Balaban J connectivity index is 2.20. The zero-order valence-corrected chi connectivity index (χ0v) is 13.0. The molecule has 0 fully saturated rings. The van der Waals surface area contributed by atoms with Crippen molar-refractivity contribution < 1.29 is 17.9 Å². The quantitative estimate of drug-likeness (QED) is 0.847. The fourth-order valence-electron chi connectivity index (χ4n) is 1.74. The summed E-state index contributed by atoms with van der Waals surface area (Å²) >= 11 is 1.42. The first-order chi connectivity index (χ1) is 9.96. The van der Waals surface area contributed by atoms with Gasteiger partial charge in [0.15, 0.2) is 0 Å². The molecule has 1 aromatic heterocycles. The number of halogens is 1. The highest BCUT2D eigenvalue weighted by Crippen LogP contribution is 2.19. The Bertz CT molecular complexity index is 729. The third-order valence-electron chi connectivity index (χ3n) is 2.85. The zero-order valence-electron chi connectivity index (χ0n) is 11.3. The molecule has 0 aliphatic carbocycles. The summed E-state index contributed by atoms with van der Waals surface area (Å²) in [6.45, 7) is 1.55. The Morgan fingerprint density at radius 3 is 2.81 bits per heavy atom. The number of hydrogen-bond acceptors (Lipinski definition) is 5. The number of thiazole rings is 1. The van der Waals surface area contributed by atoms with Gasteiger partial charge in [0.05, 0.1) is 18.0 Å². The second kappa shape index (κ2) is 6.61. The smallest absolute Gasteiger partial charge is 0.241 e. The molecule has 1 aromatic carbocycles. The first-order valence-electron chi connectivity index (χ1n) is 6.28. The van der Waals surface area contributed by atoms with Crippen LogP contribution in [0.3, 0.4) is 0 Å². The first kappa shape index (κ1) is 16.0. The van der Waals surface area contributed by atoms with Gasteiger partial charge in [-0.1, -0.05) is 13.0 Å². The van der Waals surface area contributed by atoms with E-state index in [1.54, 1.807) is 6.20 Å². The summed E-state index contributed by atoms with van der Waals surface area (Å²) in [7, 11) is -3.90. The molecule has 0 spiro atoms. The van der Waals surface area contributed by atoms with Crippen LogP contribution in [-0.4, -0.2) is 18.5 Å². The van der Waals surface area contributed by atoms with Gasteiger partial charge >= 0.3 is 0 Å². The number of rotatable bonds is 6. The summed E-state index contributed by atoms with van der Waals surface area (Å²) in [5.74, 6) is -0.671. The van der Waals surface area contributed by atoms with Gasteiger partial charge in [-0.3, -0.25) is 0 Å². The minimum Gasteiger partial charge on any atom is -0.392 e. The lowest BCUT2D eigenvalue weighted by molar-refractivity contribution is 0.278. The maximum atomic E-state index is 13.2. The molecule has 0 saturated heterocycles. The van der Waals surface area contributed by atoms with E-state index in [0.29, 0.717) is 5.01 Å². The van der Waals surface area contributed by atoms with Crippen LogP contribution in [0.2, 0.25) is 0 Å². The number of hydrogen-bond donors (Lipinski definition) is 2. The van der Waals surface area contributed by atoms with E-state index in [9.17, 15) is 12.8 Å². The summed E-state index contributed by atoms with van der Waals surface area (Å²) in [5.41, 5.74) is 0.150. The molecule has 0 radical (unpaired) electrons. The van der Waals surface area contributed by atoms with Gasteiger partial charge in [-0.25, -0.2) is 22.5 Å². The monoisotopic (exact) mass is 330 g/mol. The van der Waals surface area contributed by atoms with Gasteiger partial charge in [0.25, 0.3) is 0 Å². The van der Waals surface area contributed by atoms with Crippen molar-refractivity contribution in [2.75, 3.05) is 0 Å². The van der Waals surface area contributed by atoms with E-state index in [-0.39, 0.29) is 17.0 Å². The standard InChI is InChI=1S/C13H15FN2O3S2/c1-2-11-6-15-13(20-11)7-16-21(18,19)12-5-10(14)4-3-9(12)8-17/h3-6,16-17H,2,7-8H2,1H3. The van der Waals surface area contributed by atoms with Crippen LogP contribution in [0.5, 0.6) is 0 Å². The average Bonchev–Trinajstić information content (AvgIpc) is 2.93. The molecule has 21 heavy (non-hydrogen) atoms. The van der Waals surface area contributed by atoms with Crippen LogP contribution in [0.4, 0.5) is 4.39 Å². The molecule has 0 aliphatic heterocycles. The van der Waals surface area contributed by atoms with Crippen LogP contribution in [0.15, 0.2) is 29.3 Å². The van der Waals surface area contributed by atoms with E-state index in [4.69, 9.17) is 5.11 Å². The second-order valence-corrected chi connectivity index (χ2v) is 7.24. The van der Waals surface area contributed by atoms with Crippen molar-refractivity contribution in [3.8, 4) is 0 Å². The SMILES string of the molecule is CCc1cnc(CNS(=O)(=O)c2cc(F)ccc2CO)s1. The number of nitrogens with one attached hydrogen (secondary N) is 1. The van der Waals surface area contributed by atoms with Crippen molar-refractivity contribution >= 4 is 21.4 Å². The van der Waals surface area contributed by atoms with Crippen LogP contribution in [-0.2, 0) is 29.6 Å². The molecule has 114 valence electrons. The van der Waals surface area contributed by atoms with Gasteiger partial charge in [0, 0.05) is 11.1 Å². The molecule has 2 rings (SSSR count). The molecule has 1 heterocycles. The van der Waals surface area contributed by atoms with Crippen LogP contribution in [0.25, 0.3) is 0 Å². The lowest BCUT2D eigenvalue weighted by Gasteiger charge is -2.09. The number of aliphatic hydroxyl groups excluding tert-OH is 1. The van der Waals surface area contributed by atoms with Crippen molar-refractivity contribution in [2.45, 2.75) is 31.4 Å². The summed E-state index contributed by atoms with van der Waals surface area (Å²) in [6, 6.07) is 3.26. The number of benzene rings is 1. The van der Waals surface area contributed by atoms with Gasteiger partial charge in [-0.15, -0.1) is 11.3 Å². The highest BCUT2D eigenvalue weighted by molar-refractivity contribution is 7.89. The molecule has 0 amide bonds. The predicted octanol–water partition coefficient (Wildman–Crippen LogP) is 1.82. The van der Waals surface area contributed by atoms with Gasteiger partial charge < -0.3 is 5.11 Å². The lowest BCUT2D eigenvalue weighted by atomic mass is 10.2. The minimum absolute atomic E-state index is 0.0361. The Kier molecular flexibility index (Phi) is 5.04. The van der Waals surface area contributed by atoms with Gasteiger partial charge in [-0.05, 0) is 24.1 Å². The number of aliphatic hydroxyl groups is 1. The Morgan fingerprint density at radius 2 is 2.19 bits per heavy atom. The van der Waals surface area contributed by atoms with Crippen molar-refractivity contribution in [1.82, 2.24) is 9.71 Å². The molecule has 8 heteroatoms. The second-order valence-electron chi connectivity index (χ2n) is 4.31. The van der Waals surface area contributed by atoms with Crippen LogP contribution >= 0.6 is 11.3 Å². The fraction of sp³-hybridized carbons (Fsp3) is 0.308. The topological polar surface area (TPSA) is 79.3 Å². The minimum atomic E-state index is -3.90. The lowest BCUT2D eigenvalue weighted by Crippen LogP contribution is -2.24. The van der Waals surface area contributed by atoms with Crippen LogP contribution in [0, 0.1) is 5.82 Å². The summed E-state index contributed by atoms with van der Waals surface area (Å²) in [5, 5.41) is 9.80. The number of aryl methyl sites for hydroxylation is 1. The van der Waals surface area contributed by atoms with E-state index in [0.717, 1.165) is 23.4 Å². The molecule has 2 N–H and O–H groups in total. The molecule has 0 bridgehead atoms. The largest absolute Gasteiger partial charge is 0.392 e. The Morgan fingerprint density at radius 1 is 1.43 bits per heavy atom. The van der Waals surface area contributed by atoms with E-state index in [1.165, 1.54) is 17.4 Å². The zero-order chi connectivity index (χ0) is 15.5. The third-order valence-corrected chi connectivity index (χ3v) is 5.48.